The van der Waals surface area contributed by atoms with Crippen LogP contribution in [0.3, 0.4) is 0 Å². The van der Waals surface area contributed by atoms with Gasteiger partial charge in [-0.3, -0.25) is 0 Å². The Morgan fingerprint density at radius 1 is 1.12 bits per heavy atom. The number of methoxy groups -OCH3 is 2. The van der Waals surface area contributed by atoms with E-state index in [0.29, 0.717) is 12.3 Å². The normalized spacial score (nSPS) is 10.6. The molecule has 0 fully saturated rings. The average molecular weight is 224 g/mol. The summed E-state index contributed by atoms with van der Waals surface area (Å²) in [5, 5.41) is 9.01. The quantitative estimate of drug-likeness (QED) is 0.834. The van der Waals surface area contributed by atoms with Crippen molar-refractivity contribution in [2.75, 3.05) is 20.8 Å². The molecule has 0 aliphatic rings. The zero-order valence-electron chi connectivity index (χ0n) is 10.4. The summed E-state index contributed by atoms with van der Waals surface area (Å²) in [6.45, 7) is 4.36. The summed E-state index contributed by atoms with van der Waals surface area (Å²) in [7, 11) is 3.29. The maximum Gasteiger partial charge on any atom is 0.126 e. The van der Waals surface area contributed by atoms with Gasteiger partial charge >= 0.3 is 0 Å². The Bertz CT molecular complexity index is 345. The smallest absolute Gasteiger partial charge is 0.126 e. The molecule has 0 aromatic heterocycles. The Morgan fingerprint density at radius 2 is 1.75 bits per heavy atom. The van der Waals surface area contributed by atoms with Crippen molar-refractivity contribution < 1.29 is 14.6 Å². The summed E-state index contributed by atoms with van der Waals surface area (Å²) in [5.74, 6) is 2.00. The topological polar surface area (TPSA) is 38.7 Å². The van der Waals surface area contributed by atoms with Crippen LogP contribution in [0.4, 0.5) is 0 Å². The van der Waals surface area contributed by atoms with Crippen LogP contribution in [-0.4, -0.2) is 25.9 Å². The molecule has 0 bridgehead atoms. The molecule has 1 N–H and O–H groups in total. The Balaban J connectivity index is 3.23. The average Bonchev–Trinajstić information content (AvgIpc) is 2.28. The third-order valence-corrected chi connectivity index (χ3v) is 2.64. The summed E-state index contributed by atoms with van der Waals surface area (Å²) in [4.78, 5) is 0. The van der Waals surface area contributed by atoms with Crippen LogP contribution in [0.25, 0.3) is 0 Å². The lowest BCUT2D eigenvalue weighted by atomic mass is 9.97. The van der Waals surface area contributed by atoms with Crippen LogP contribution in [0.2, 0.25) is 0 Å². The molecule has 0 saturated heterocycles. The van der Waals surface area contributed by atoms with Crippen LogP contribution < -0.4 is 9.47 Å². The van der Waals surface area contributed by atoms with E-state index >= 15 is 0 Å². The van der Waals surface area contributed by atoms with Gasteiger partial charge in [-0.05, 0) is 29.5 Å². The zero-order valence-corrected chi connectivity index (χ0v) is 10.4. The molecule has 0 atom stereocenters. The van der Waals surface area contributed by atoms with E-state index in [-0.39, 0.29) is 6.61 Å². The first-order chi connectivity index (χ1) is 7.63. The van der Waals surface area contributed by atoms with Crippen molar-refractivity contribution in [3.63, 3.8) is 0 Å². The van der Waals surface area contributed by atoms with E-state index in [4.69, 9.17) is 14.6 Å². The monoisotopic (exact) mass is 224 g/mol. The fourth-order valence-electron chi connectivity index (χ4n) is 1.76. The van der Waals surface area contributed by atoms with E-state index in [2.05, 4.69) is 19.9 Å². The van der Waals surface area contributed by atoms with E-state index in [1.165, 1.54) is 0 Å². The van der Waals surface area contributed by atoms with Gasteiger partial charge in [0.1, 0.15) is 11.5 Å². The zero-order chi connectivity index (χ0) is 12.1. The summed E-state index contributed by atoms with van der Waals surface area (Å²) >= 11 is 0. The van der Waals surface area contributed by atoms with Gasteiger partial charge in [0.05, 0.1) is 14.2 Å². The third kappa shape index (κ3) is 2.67. The van der Waals surface area contributed by atoms with E-state index < -0.39 is 0 Å². The number of hydrogen-bond acceptors (Lipinski definition) is 3. The highest BCUT2D eigenvalue weighted by atomic mass is 16.5. The summed E-state index contributed by atoms with van der Waals surface area (Å²) in [6, 6.07) is 3.94. The molecule has 0 unspecified atom stereocenters. The third-order valence-electron chi connectivity index (χ3n) is 2.64. The molecule has 3 nitrogen and oxygen atoms in total. The summed E-state index contributed by atoms with van der Waals surface area (Å²) < 4.78 is 10.6. The van der Waals surface area contributed by atoms with Gasteiger partial charge in [0, 0.05) is 12.7 Å². The number of benzene rings is 1. The predicted octanol–water partition coefficient (Wildman–Crippen LogP) is 2.36. The highest BCUT2D eigenvalue weighted by Crippen LogP contribution is 2.33. The van der Waals surface area contributed by atoms with Crippen LogP contribution in [-0.2, 0) is 6.42 Å². The Labute approximate surface area is 97.0 Å². The minimum absolute atomic E-state index is 0.125. The molecule has 1 rings (SSSR count). The highest BCUT2D eigenvalue weighted by molar-refractivity contribution is 5.48. The van der Waals surface area contributed by atoms with Crippen molar-refractivity contribution in [3.05, 3.63) is 23.3 Å². The number of aliphatic hydroxyl groups is 1. The van der Waals surface area contributed by atoms with Crippen molar-refractivity contribution in [1.29, 1.82) is 0 Å². The molecule has 0 heterocycles. The minimum Gasteiger partial charge on any atom is -0.496 e. The molecule has 0 aliphatic carbocycles. The van der Waals surface area contributed by atoms with Crippen LogP contribution in [0.1, 0.15) is 30.9 Å². The molecule has 3 heteroatoms. The lowest BCUT2D eigenvalue weighted by Gasteiger charge is -2.16. The van der Waals surface area contributed by atoms with Crippen molar-refractivity contribution in [1.82, 2.24) is 0 Å². The predicted molar refractivity (Wildman–Crippen MR) is 64.4 cm³/mol. The number of hydrogen-bond donors (Lipinski definition) is 1. The Morgan fingerprint density at radius 3 is 2.19 bits per heavy atom. The van der Waals surface area contributed by atoms with Gasteiger partial charge in [0.15, 0.2) is 0 Å². The van der Waals surface area contributed by atoms with E-state index in [9.17, 15) is 0 Å². The molecule has 0 radical (unpaired) electrons. The van der Waals surface area contributed by atoms with E-state index in [0.717, 1.165) is 22.6 Å². The van der Waals surface area contributed by atoms with E-state index in [1.54, 1.807) is 14.2 Å². The molecule has 0 saturated carbocycles. The summed E-state index contributed by atoms with van der Waals surface area (Å²) in [5.41, 5.74) is 2.17. The van der Waals surface area contributed by atoms with Gasteiger partial charge in [-0.2, -0.15) is 0 Å². The standard InChI is InChI=1S/C13H20O3/c1-9(2)11-7-10(5-6-14)12(15-3)8-13(11)16-4/h7-9,14H,5-6H2,1-4H3. The first kappa shape index (κ1) is 12.8. The molecule has 0 spiro atoms. The van der Waals surface area contributed by atoms with Crippen molar-refractivity contribution >= 4 is 0 Å². The first-order valence-corrected chi connectivity index (χ1v) is 5.49. The SMILES string of the molecule is COc1cc(OC)c(C(C)C)cc1CCO. The number of ether oxygens (including phenoxy) is 2. The first-order valence-electron chi connectivity index (χ1n) is 5.49. The minimum atomic E-state index is 0.125. The molecule has 90 valence electrons. The maximum absolute atomic E-state index is 9.01. The van der Waals surface area contributed by atoms with Crippen molar-refractivity contribution in [3.8, 4) is 11.5 Å². The Kier molecular flexibility index (Phi) is 4.62. The molecular formula is C13H20O3. The lowest BCUT2D eigenvalue weighted by molar-refractivity contribution is 0.296. The largest absolute Gasteiger partial charge is 0.496 e. The summed E-state index contributed by atoms with van der Waals surface area (Å²) in [6.07, 6.45) is 0.604. The Hall–Kier alpha value is -1.22. The van der Waals surface area contributed by atoms with Gasteiger partial charge in [-0.15, -0.1) is 0 Å². The van der Waals surface area contributed by atoms with Crippen LogP contribution >= 0.6 is 0 Å². The van der Waals surface area contributed by atoms with Gasteiger partial charge in [-0.1, -0.05) is 13.8 Å². The van der Waals surface area contributed by atoms with Crippen LogP contribution in [0.5, 0.6) is 11.5 Å². The number of rotatable bonds is 5. The maximum atomic E-state index is 9.01. The molecular weight excluding hydrogens is 204 g/mol. The van der Waals surface area contributed by atoms with Crippen LogP contribution in [0, 0.1) is 0 Å². The second-order valence-corrected chi connectivity index (χ2v) is 4.03. The number of aliphatic hydroxyl groups excluding tert-OH is 1. The van der Waals surface area contributed by atoms with Gasteiger partial charge in [-0.25, -0.2) is 0 Å². The van der Waals surface area contributed by atoms with E-state index in [1.807, 2.05) is 6.07 Å². The second kappa shape index (κ2) is 5.75. The van der Waals surface area contributed by atoms with Crippen molar-refractivity contribution in [2.24, 2.45) is 0 Å². The van der Waals surface area contributed by atoms with Crippen molar-refractivity contribution in [2.45, 2.75) is 26.2 Å². The van der Waals surface area contributed by atoms with Crippen LogP contribution in [0.15, 0.2) is 12.1 Å². The fraction of sp³-hybridized carbons (Fsp3) is 0.538. The van der Waals surface area contributed by atoms with Gasteiger partial charge in [0.2, 0.25) is 0 Å². The fourth-order valence-corrected chi connectivity index (χ4v) is 1.76. The highest BCUT2D eigenvalue weighted by Gasteiger charge is 2.13. The second-order valence-electron chi connectivity index (χ2n) is 4.03. The lowest BCUT2D eigenvalue weighted by Crippen LogP contribution is -2.01. The molecule has 0 aliphatic heterocycles. The molecule has 1 aromatic rings. The molecule has 16 heavy (non-hydrogen) atoms. The molecule has 1 aromatic carbocycles. The van der Waals surface area contributed by atoms with Gasteiger partial charge < -0.3 is 14.6 Å². The molecule has 0 amide bonds. The van der Waals surface area contributed by atoms with Gasteiger partial charge in [0.25, 0.3) is 0 Å².